The molecule has 1 aliphatic rings. The summed E-state index contributed by atoms with van der Waals surface area (Å²) in [6.07, 6.45) is 7.87. The molecule has 0 fully saturated rings. The van der Waals surface area contributed by atoms with Crippen molar-refractivity contribution >= 4 is 5.78 Å². The molecule has 0 saturated carbocycles. The average molecular weight is 194 g/mol. The lowest BCUT2D eigenvalue weighted by Crippen LogP contribution is -2.12. The fourth-order valence-corrected chi connectivity index (χ4v) is 2.08. The van der Waals surface area contributed by atoms with Crippen molar-refractivity contribution in [2.45, 2.75) is 52.9 Å². The molecule has 80 valence electrons. The summed E-state index contributed by atoms with van der Waals surface area (Å²) in [5.74, 6) is 1.99. The van der Waals surface area contributed by atoms with E-state index in [-0.39, 0.29) is 0 Å². The lowest BCUT2D eigenvalue weighted by molar-refractivity contribution is -0.116. The van der Waals surface area contributed by atoms with Crippen LogP contribution in [0.3, 0.4) is 0 Å². The fraction of sp³-hybridized carbons (Fsp3) is 0.769. The Labute approximate surface area is 87.6 Å². The zero-order valence-corrected chi connectivity index (χ0v) is 9.68. The average Bonchev–Trinajstić information content (AvgIpc) is 2.15. The molecule has 0 aromatic heterocycles. The molecule has 1 rings (SSSR count). The number of Topliss-reactive ketones (excluding diaryl/α,β-unsaturated/α-hetero) is 1. The number of rotatable bonds is 4. The molecule has 0 aromatic carbocycles. The van der Waals surface area contributed by atoms with Gasteiger partial charge < -0.3 is 4.79 Å². The van der Waals surface area contributed by atoms with E-state index in [1.165, 1.54) is 24.8 Å². The maximum Gasteiger partial charge on any atom is 0.130 e. The van der Waals surface area contributed by atoms with E-state index in [0.717, 1.165) is 24.7 Å². The molecule has 0 amide bonds. The smallest absolute Gasteiger partial charge is 0.130 e. The van der Waals surface area contributed by atoms with Gasteiger partial charge in [0.05, 0.1) is 0 Å². The van der Waals surface area contributed by atoms with Gasteiger partial charge in [0.1, 0.15) is 5.78 Å². The first kappa shape index (κ1) is 11.5. The van der Waals surface area contributed by atoms with Crippen molar-refractivity contribution in [1.29, 1.82) is 0 Å². The standard InChI is InChI=1S/C13H22O/c1-10(2)13-8-6-12(7-9-13)5-4-11(3)14/h6,10,13H,4-5,7-9H2,1-3H3/t13-/m0/s1. The minimum absolute atomic E-state index is 0.317. The van der Waals surface area contributed by atoms with Crippen LogP contribution in [-0.2, 0) is 4.79 Å². The molecule has 0 unspecified atom stereocenters. The Morgan fingerprint density at radius 3 is 2.71 bits per heavy atom. The zero-order valence-electron chi connectivity index (χ0n) is 9.68. The number of hydrogen-bond acceptors (Lipinski definition) is 1. The van der Waals surface area contributed by atoms with E-state index >= 15 is 0 Å². The van der Waals surface area contributed by atoms with Crippen LogP contribution in [0, 0.1) is 11.8 Å². The Kier molecular flexibility index (Phi) is 4.37. The van der Waals surface area contributed by atoms with Crippen molar-refractivity contribution < 1.29 is 4.79 Å². The summed E-state index contributed by atoms with van der Waals surface area (Å²) in [7, 11) is 0. The van der Waals surface area contributed by atoms with Crippen molar-refractivity contribution in [2.75, 3.05) is 0 Å². The second-order valence-electron chi connectivity index (χ2n) is 4.84. The van der Waals surface area contributed by atoms with Gasteiger partial charge in [0.15, 0.2) is 0 Å². The van der Waals surface area contributed by atoms with Gasteiger partial charge in [0.25, 0.3) is 0 Å². The minimum atomic E-state index is 0.317. The van der Waals surface area contributed by atoms with Gasteiger partial charge in [-0.05, 0) is 44.4 Å². The summed E-state index contributed by atoms with van der Waals surface area (Å²) < 4.78 is 0. The van der Waals surface area contributed by atoms with Crippen molar-refractivity contribution in [3.8, 4) is 0 Å². The highest BCUT2D eigenvalue weighted by Gasteiger charge is 2.17. The number of allylic oxidation sites excluding steroid dienone is 2. The van der Waals surface area contributed by atoms with Crippen LogP contribution in [0.4, 0.5) is 0 Å². The van der Waals surface area contributed by atoms with Crippen molar-refractivity contribution in [3.63, 3.8) is 0 Å². The van der Waals surface area contributed by atoms with Gasteiger partial charge >= 0.3 is 0 Å². The topological polar surface area (TPSA) is 17.1 Å². The van der Waals surface area contributed by atoms with E-state index in [1.54, 1.807) is 6.92 Å². The van der Waals surface area contributed by atoms with Crippen molar-refractivity contribution in [2.24, 2.45) is 11.8 Å². The molecule has 0 saturated heterocycles. The summed E-state index contributed by atoms with van der Waals surface area (Å²) in [4.78, 5) is 10.8. The van der Waals surface area contributed by atoms with Crippen molar-refractivity contribution in [3.05, 3.63) is 11.6 Å². The zero-order chi connectivity index (χ0) is 10.6. The van der Waals surface area contributed by atoms with Gasteiger partial charge in [0, 0.05) is 6.42 Å². The largest absolute Gasteiger partial charge is 0.300 e. The maximum atomic E-state index is 10.8. The lowest BCUT2D eigenvalue weighted by atomic mass is 9.81. The van der Waals surface area contributed by atoms with E-state index in [4.69, 9.17) is 0 Å². The molecular weight excluding hydrogens is 172 g/mol. The number of hydrogen-bond donors (Lipinski definition) is 0. The van der Waals surface area contributed by atoms with Crippen LogP contribution in [-0.4, -0.2) is 5.78 Å². The number of ketones is 1. The Hall–Kier alpha value is -0.590. The molecule has 14 heavy (non-hydrogen) atoms. The molecule has 1 atom stereocenters. The Bertz CT molecular complexity index is 225. The fourth-order valence-electron chi connectivity index (χ4n) is 2.08. The predicted octanol–water partition coefficient (Wildman–Crippen LogP) is 3.74. The maximum absolute atomic E-state index is 10.8. The first-order valence-electron chi connectivity index (χ1n) is 5.77. The molecule has 1 nitrogen and oxygen atoms in total. The minimum Gasteiger partial charge on any atom is -0.300 e. The van der Waals surface area contributed by atoms with Gasteiger partial charge in [-0.3, -0.25) is 0 Å². The molecule has 1 aliphatic carbocycles. The van der Waals surface area contributed by atoms with Gasteiger partial charge in [0.2, 0.25) is 0 Å². The van der Waals surface area contributed by atoms with Crippen LogP contribution < -0.4 is 0 Å². The van der Waals surface area contributed by atoms with Crippen LogP contribution in [0.2, 0.25) is 0 Å². The Balaban J connectivity index is 2.33. The molecular formula is C13H22O. The first-order valence-corrected chi connectivity index (χ1v) is 5.77. The van der Waals surface area contributed by atoms with Crippen LogP contribution in [0.5, 0.6) is 0 Å². The van der Waals surface area contributed by atoms with Gasteiger partial charge in [-0.1, -0.05) is 25.5 Å². The van der Waals surface area contributed by atoms with E-state index in [1.807, 2.05) is 0 Å². The number of carbonyl (C=O) groups excluding carboxylic acids is 1. The van der Waals surface area contributed by atoms with E-state index < -0.39 is 0 Å². The van der Waals surface area contributed by atoms with Crippen molar-refractivity contribution in [1.82, 2.24) is 0 Å². The Morgan fingerprint density at radius 1 is 1.57 bits per heavy atom. The quantitative estimate of drug-likeness (QED) is 0.623. The summed E-state index contributed by atoms with van der Waals surface area (Å²) in [5, 5.41) is 0. The van der Waals surface area contributed by atoms with Gasteiger partial charge in [-0.2, -0.15) is 0 Å². The van der Waals surface area contributed by atoms with Crippen LogP contribution in [0.1, 0.15) is 52.9 Å². The third-order valence-electron chi connectivity index (χ3n) is 3.29. The normalized spacial score (nSPS) is 22.3. The molecule has 0 heterocycles. The van der Waals surface area contributed by atoms with Crippen LogP contribution in [0.25, 0.3) is 0 Å². The molecule has 0 aromatic rings. The highest BCUT2D eigenvalue weighted by Crippen LogP contribution is 2.30. The second-order valence-corrected chi connectivity index (χ2v) is 4.84. The predicted molar refractivity (Wildman–Crippen MR) is 60.2 cm³/mol. The summed E-state index contributed by atoms with van der Waals surface area (Å²) in [6, 6.07) is 0. The van der Waals surface area contributed by atoms with E-state index in [9.17, 15) is 4.79 Å². The SMILES string of the molecule is CC(=O)CCC1=CC[C@H](C(C)C)CC1. The molecule has 1 heteroatoms. The summed E-state index contributed by atoms with van der Waals surface area (Å²) in [6.45, 7) is 6.29. The van der Waals surface area contributed by atoms with Gasteiger partial charge in [-0.15, -0.1) is 0 Å². The third-order valence-corrected chi connectivity index (χ3v) is 3.29. The lowest BCUT2D eigenvalue weighted by Gasteiger charge is -2.24. The van der Waals surface area contributed by atoms with Crippen LogP contribution in [0.15, 0.2) is 11.6 Å². The summed E-state index contributed by atoms with van der Waals surface area (Å²) in [5.41, 5.74) is 1.51. The highest BCUT2D eigenvalue weighted by atomic mass is 16.1. The van der Waals surface area contributed by atoms with E-state index in [2.05, 4.69) is 19.9 Å². The first-order chi connectivity index (χ1) is 6.59. The third kappa shape index (κ3) is 3.65. The molecule has 0 aliphatic heterocycles. The summed E-state index contributed by atoms with van der Waals surface area (Å²) >= 11 is 0. The monoisotopic (exact) mass is 194 g/mol. The van der Waals surface area contributed by atoms with E-state index in [0.29, 0.717) is 5.78 Å². The number of carbonyl (C=O) groups is 1. The molecule has 0 bridgehead atoms. The second kappa shape index (κ2) is 5.33. The van der Waals surface area contributed by atoms with Crippen LogP contribution >= 0.6 is 0 Å². The molecule has 0 spiro atoms. The van der Waals surface area contributed by atoms with Gasteiger partial charge in [-0.25, -0.2) is 0 Å². The molecule has 0 radical (unpaired) electrons. The Morgan fingerprint density at radius 2 is 2.29 bits per heavy atom. The molecule has 0 N–H and O–H groups in total. The highest BCUT2D eigenvalue weighted by molar-refractivity contribution is 5.75.